The SMILES string of the molecule is Cc1cccc(CCS(=O)(=O)Cl)c1F. The highest BCUT2D eigenvalue weighted by molar-refractivity contribution is 8.13. The molecule has 0 aliphatic rings. The third-order valence-electron chi connectivity index (χ3n) is 1.89. The van der Waals surface area contributed by atoms with Gasteiger partial charge in [0.05, 0.1) is 5.75 Å². The van der Waals surface area contributed by atoms with Gasteiger partial charge in [-0.3, -0.25) is 0 Å². The third kappa shape index (κ3) is 3.27. The first-order valence-corrected chi connectivity index (χ1v) is 6.54. The van der Waals surface area contributed by atoms with E-state index in [1.54, 1.807) is 25.1 Å². The van der Waals surface area contributed by atoms with Crippen LogP contribution >= 0.6 is 10.7 Å². The van der Waals surface area contributed by atoms with Gasteiger partial charge in [0.15, 0.2) is 0 Å². The van der Waals surface area contributed by atoms with Crippen molar-refractivity contribution in [2.75, 3.05) is 5.75 Å². The number of rotatable bonds is 3. The molecular formula is C9H10ClFO2S. The van der Waals surface area contributed by atoms with E-state index in [9.17, 15) is 12.8 Å². The van der Waals surface area contributed by atoms with Gasteiger partial charge < -0.3 is 0 Å². The quantitative estimate of drug-likeness (QED) is 0.755. The predicted octanol–water partition coefficient (Wildman–Crippen LogP) is 2.25. The van der Waals surface area contributed by atoms with Crippen molar-refractivity contribution >= 4 is 19.7 Å². The lowest BCUT2D eigenvalue weighted by molar-refractivity contribution is 0.597. The second kappa shape index (κ2) is 4.28. The zero-order valence-corrected chi connectivity index (χ0v) is 9.20. The van der Waals surface area contributed by atoms with Gasteiger partial charge >= 0.3 is 0 Å². The van der Waals surface area contributed by atoms with E-state index in [2.05, 4.69) is 0 Å². The molecule has 1 aromatic carbocycles. The average Bonchev–Trinajstić information content (AvgIpc) is 2.06. The van der Waals surface area contributed by atoms with E-state index in [-0.39, 0.29) is 18.0 Å². The summed E-state index contributed by atoms with van der Waals surface area (Å²) >= 11 is 0. The molecule has 1 aromatic rings. The van der Waals surface area contributed by atoms with Crippen LogP contribution in [0.1, 0.15) is 11.1 Å². The second-order valence-corrected chi connectivity index (χ2v) is 5.94. The maximum Gasteiger partial charge on any atom is 0.232 e. The molecule has 2 nitrogen and oxygen atoms in total. The molecule has 0 saturated heterocycles. The Bertz CT molecular complexity index is 428. The molecule has 0 aromatic heterocycles. The standard InChI is InChI=1S/C9H10ClFO2S/c1-7-3-2-4-8(9(7)11)5-6-14(10,12)13/h2-4H,5-6H2,1H3. The summed E-state index contributed by atoms with van der Waals surface area (Å²) < 4.78 is 34.6. The van der Waals surface area contributed by atoms with Gasteiger partial charge in [0.25, 0.3) is 0 Å². The lowest BCUT2D eigenvalue weighted by Gasteiger charge is -2.03. The molecule has 0 unspecified atom stereocenters. The van der Waals surface area contributed by atoms with Gasteiger partial charge in [0, 0.05) is 10.7 Å². The van der Waals surface area contributed by atoms with Gasteiger partial charge in [-0.05, 0) is 24.5 Å². The van der Waals surface area contributed by atoms with Crippen LogP contribution in [0.4, 0.5) is 4.39 Å². The molecule has 5 heteroatoms. The Morgan fingerprint density at radius 1 is 1.43 bits per heavy atom. The van der Waals surface area contributed by atoms with Crippen molar-refractivity contribution in [2.24, 2.45) is 0 Å². The van der Waals surface area contributed by atoms with Crippen LogP contribution in [-0.2, 0) is 15.5 Å². The molecule has 0 aliphatic heterocycles. The molecule has 0 saturated carbocycles. The summed E-state index contributed by atoms with van der Waals surface area (Å²) in [5.74, 6) is -0.595. The van der Waals surface area contributed by atoms with Crippen LogP contribution in [0.15, 0.2) is 18.2 Å². The molecule has 0 N–H and O–H groups in total. The van der Waals surface area contributed by atoms with Crippen molar-refractivity contribution in [3.05, 3.63) is 35.1 Å². The molecule has 14 heavy (non-hydrogen) atoms. The van der Waals surface area contributed by atoms with Gasteiger partial charge in [-0.1, -0.05) is 18.2 Å². The molecule has 0 bridgehead atoms. The Morgan fingerprint density at radius 2 is 2.07 bits per heavy atom. The molecule has 0 fully saturated rings. The lowest BCUT2D eigenvalue weighted by Crippen LogP contribution is -2.03. The molecule has 0 spiro atoms. The van der Waals surface area contributed by atoms with Crippen molar-refractivity contribution in [1.82, 2.24) is 0 Å². The fourth-order valence-corrected chi connectivity index (χ4v) is 1.83. The fraction of sp³-hybridized carbons (Fsp3) is 0.333. The Morgan fingerprint density at radius 3 is 2.64 bits per heavy atom. The molecular weight excluding hydrogens is 227 g/mol. The number of hydrogen-bond acceptors (Lipinski definition) is 2. The highest BCUT2D eigenvalue weighted by Crippen LogP contribution is 2.13. The Hall–Kier alpha value is -0.610. The van der Waals surface area contributed by atoms with Crippen LogP contribution in [0.25, 0.3) is 0 Å². The summed E-state index contributed by atoms with van der Waals surface area (Å²) in [5, 5.41) is 0. The predicted molar refractivity (Wildman–Crippen MR) is 54.5 cm³/mol. The van der Waals surface area contributed by atoms with Crippen molar-refractivity contribution in [1.29, 1.82) is 0 Å². The first kappa shape index (κ1) is 11.5. The van der Waals surface area contributed by atoms with Gasteiger partial charge in [-0.15, -0.1) is 0 Å². The molecule has 0 atom stereocenters. The Kier molecular flexibility index (Phi) is 3.50. The summed E-state index contributed by atoms with van der Waals surface area (Å²) in [4.78, 5) is 0. The van der Waals surface area contributed by atoms with E-state index in [1.165, 1.54) is 0 Å². The zero-order valence-electron chi connectivity index (χ0n) is 7.63. The highest BCUT2D eigenvalue weighted by atomic mass is 35.7. The third-order valence-corrected chi connectivity index (χ3v) is 3.04. The highest BCUT2D eigenvalue weighted by Gasteiger charge is 2.09. The first-order valence-electron chi connectivity index (χ1n) is 4.06. The molecule has 0 aliphatic carbocycles. The van der Waals surface area contributed by atoms with E-state index in [0.717, 1.165) is 0 Å². The van der Waals surface area contributed by atoms with E-state index in [4.69, 9.17) is 10.7 Å². The summed E-state index contributed by atoms with van der Waals surface area (Å²) in [6.45, 7) is 1.63. The second-order valence-electron chi connectivity index (χ2n) is 3.04. The van der Waals surface area contributed by atoms with E-state index in [0.29, 0.717) is 11.1 Å². The van der Waals surface area contributed by atoms with Crippen LogP contribution in [0.2, 0.25) is 0 Å². The molecule has 1 rings (SSSR count). The van der Waals surface area contributed by atoms with Crippen molar-refractivity contribution in [3.63, 3.8) is 0 Å². The largest absolute Gasteiger partial charge is 0.232 e. The molecule has 78 valence electrons. The van der Waals surface area contributed by atoms with Crippen molar-refractivity contribution < 1.29 is 12.8 Å². The Labute approximate surface area is 87.1 Å². The molecule has 0 heterocycles. The topological polar surface area (TPSA) is 34.1 Å². The summed E-state index contributed by atoms with van der Waals surface area (Å²) in [5.41, 5.74) is 0.892. The lowest BCUT2D eigenvalue weighted by atomic mass is 10.1. The van der Waals surface area contributed by atoms with E-state index < -0.39 is 9.05 Å². The smallest absolute Gasteiger partial charge is 0.212 e. The van der Waals surface area contributed by atoms with Crippen molar-refractivity contribution in [2.45, 2.75) is 13.3 Å². The maximum absolute atomic E-state index is 13.3. The Balaban J connectivity index is 2.83. The van der Waals surface area contributed by atoms with Gasteiger partial charge in [0.1, 0.15) is 5.82 Å². The summed E-state index contributed by atoms with van der Waals surface area (Å²) in [6, 6.07) is 4.88. The number of benzene rings is 1. The zero-order chi connectivity index (χ0) is 10.8. The molecule has 0 radical (unpaired) electrons. The monoisotopic (exact) mass is 236 g/mol. The molecule has 0 amide bonds. The minimum atomic E-state index is -3.55. The summed E-state index contributed by atoms with van der Waals surface area (Å²) in [6.07, 6.45) is 0.110. The van der Waals surface area contributed by atoms with E-state index >= 15 is 0 Å². The summed E-state index contributed by atoms with van der Waals surface area (Å²) in [7, 11) is 1.48. The average molecular weight is 237 g/mol. The normalized spacial score (nSPS) is 11.6. The number of aryl methyl sites for hydroxylation is 2. The van der Waals surface area contributed by atoms with Crippen LogP contribution in [0.3, 0.4) is 0 Å². The minimum absolute atomic E-state index is 0.110. The van der Waals surface area contributed by atoms with Crippen LogP contribution < -0.4 is 0 Å². The van der Waals surface area contributed by atoms with Gasteiger partial charge in [0.2, 0.25) is 9.05 Å². The fourth-order valence-electron chi connectivity index (χ4n) is 1.13. The van der Waals surface area contributed by atoms with Crippen LogP contribution in [0, 0.1) is 12.7 Å². The van der Waals surface area contributed by atoms with Crippen molar-refractivity contribution in [3.8, 4) is 0 Å². The van der Waals surface area contributed by atoms with Crippen LogP contribution in [-0.4, -0.2) is 14.2 Å². The van der Waals surface area contributed by atoms with Crippen LogP contribution in [0.5, 0.6) is 0 Å². The number of hydrogen-bond donors (Lipinski definition) is 0. The van der Waals surface area contributed by atoms with E-state index in [1.807, 2.05) is 0 Å². The minimum Gasteiger partial charge on any atom is -0.212 e. The maximum atomic E-state index is 13.3. The van der Waals surface area contributed by atoms with Gasteiger partial charge in [-0.25, -0.2) is 12.8 Å². The number of halogens is 2. The first-order chi connectivity index (χ1) is 6.40. The van der Waals surface area contributed by atoms with Gasteiger partial charge in [-0.2, -0.15) is 0 Å².